The van der Waals surface area contributed by atoms with Crippen LogP contribution in [0.1, 0.15) is 258 Å². The van der Waals surface area contributed by atoms with Crippen LogP contribution < -0.4 is 4.90 Å². The van der Waals surface area contributed by atoms with Crippen LogP contribution in [0.15, 0.2) is 84.6 Å². The second-order valence-corrected chi connectivity index (χ2v) is 20.9. The van der Waals surface area contributed by atoms with Crippen LogP contribution in [0, 0.1) is 0 Å². The molecule has 0 amide bonds. The lowest BCUT2D eigenvalue weighted by Crippen LogP contribution is -2.27. The zero-order chi connectivity index (χ0) is 44.9. The first-order valence-electron chi connectivity index (χ1n) is 27.5. The molecule has 0 unspecified atom stereocenters. The van der Waals surface area contributed by atoms with Crippen LogP contribution in [0.4, 0.5) is 11.4 Å². The largest absolute Gasteiger partial charge is 0.344 e. The summed E-state index contributed by atoms with van der Waals surface area (Å²) in [5.74, 6) is 0. The molecule has 0 N–H and O–H groups in total. The van der Waals surface area contributed by atoms with Crippen molar-refractivity contribution in [1.29, 1.82) is 0 Å². The van der Waals surface area contributed by atoms with Gasteiger partial charge in [-0.2, -0.15) is 4.58 Å². The fourth-order valence-corrected chi connectivity index (χ4v) is 10.8. The van der Waals surface area contributed by atoms with Crippen LogP contribution in [0.2, 0.25) is 0 Å². The second-order valence-electron chi connectivity index (χ2n) is 20.9. The van der Waals surface area contributed by atoms with Crippen molar-refractivity contribution in [3.8, 4) is 0 Å². The molecule has 2 nitrogen and oxygen atoms in total. The summed E-state index contributed by atoms with van der Waals surface area (Å²) in [6, 6.07) is 18.3. The molecule has 0 aliphatic carbocycles. The van der Waals surface area contributed by atoms with E-state index in [0.29, 0.717) is 0 Å². The predicted molar refractivity (Wildman–Crippen MR) is 282 cm³/mol. The molecule has 2 aromatic carbocycles. The number of rotatable bonds is 37. The van der Waals surface area contributed by atoms with Gasteiger partial charge in [0.1, 0.15) is 6.54 Å². The van der Waals surface area contributed by atoms with Crippen molar-refractivity contribution in [2.75, 3.05) is 18.0 Å². The van der Waals surface area contributed by atoms with E-state index in [-0.39, 0.29) is 10.8 Å². The van der Waals surface area contributed by atoms with Crippen molar-refractivity contribution in [1.82, 2.24) is 0 Å². The monoisotopic (exact) mass is 860 g/mol. The molecular weight excluding hydrogens is 761 g/mol. The van der Waals surface area contributed by atoms with Crippen molar-refractivity contribution < 1.29 is 4.58 Å². The van der Waals surface area contributed by atoms with Gasteiger partial charge in [-0.25, -0.2) is 0 Å². The maximum atomic E-state index is 2.64. The Morgan fingerprint density at radius 3 is 1.33 bits per heavy atom. The SMILES string of the molecule is CCCCCCCCCCCCCCCCCCCCCC[N+]1=C(/C=C/C=C/C=C2\N(CCCCCCCCCCCCCC)c3ccccc3C2(C)C)C(C)(C)c2ccccc21. The molecule has 0 saturated heterocycles. The predicted octanol–water partition coefficient (Wildman–Crippen LogP) is 19.4. The smallest absolute Gasteiger partial charge is 0.209 e. The number of unbranched alkanes of at least 4 members (excludes halogenated alkanes) is 30. The van der Waals surface area contributed by atoms with Crippen LogP contribution in [-0.2, 0) is 10.8 Å². The highest BCUT2D eigenvalue weighted by molar-refractivity contribution is 6.03. The summed E-state index contributed by atoms with van der Waals surface area (Å²) < 4.78 is 2.64. The van der Waals surface area contributed by atoms with Gasteiger partial charge in [0.2, 0.25) is 5.69 Å². The Hall–Kier alpha value is -2.87. The molecule has 0 fully saturated rings. The van der Waals surface area contributed by atoms with Crippen LogP contribution in [0.5, 0.6) is 0 Å². The summed E-state index contributed by atoms with van der Waals surface area (Å²) in [6.45, 7) is 16.5. The van der Waals surface area contributed by atoms with E-state index < -0.39 is 0 Å². The third-order valence-electron chi connectivity index (χ3n) is 14.8. The Bertz CT molecular complexity index is 1630. The quantitative estimate of drug-likeness (QED) is 0.0373. The first kappa shape index (κ1) is 52.8. The maximum Gasteiger partial charge on any atom is 0.209 e. The minimum absolute atomic E-state index is 0.00559. The van der Waals surface area contributed by atoms with E-state index in [1.54, 1.807) is 0 Å². The zero-order valence-electron chi connectivity index (χ0n) is 42.4. The first-order chi connectivity index (χ1) is 30.8. The summed E-state index contributed by atoms with van der Waals surface area (Å²) in [5, 5.41) is 0. The van der Waals surface area contributed by atoms with E-state index in [4.69, 9.17) is 0 Å². The normalized spacial score (nSPS) is 16.1. The van der Waals surface area contributed by atoms with Gasteiger partial charge in [0, 0.05) is 47.5 Å². The molecule has 2 aromatic rings. The molecule has 0 spiro atoms. The lowest BCUT2D eigenvalue weighted by atomic mass is 9.81. The van der Waals surface area contributed by atoms with Gasteiger partial charge in [-0.15, -0.1) is 0 Å². The first-order valence-corrected chi connectivity index (χ1v) is 27.5. The summed E-state index contributed by atoms with van der Waals surface area (Å²) in [7, 11) is 0. The van der Waals surface area contributed by atoms with Gasteiger partial charge >= 0.3 is 0 Å². The van der Waals surface area contributed by atoms with E-state index >= 15 is 0 Å². The second kappa shape index (κ2) is 31.1. The molecule has 352 valence electrons. The summed E-state index contributed by atoms with van der Waals surface area (Å²) in [5.41, 5.74) is 8.58. The van der Waals surface area contributed by atoms with Gasteiger partial charge < -0.3 is 4.90 Å². The molecule has 4 rings (SSSR count). The average Bonchev–Trinajstić information content (AvgIpc) is 3.63. The molecule has 0 bridgehead atoms. The van der Waals surface area contributed by atoms with Gasteiger partial charge in [-0.3, -0.25) is 0 Å². The highest BCUT2D eigenvalue weighted by atomic mass is 15.2. The van der Waals surface area contributed by atoms with Crippen molar-refractivity contribution in [3.05, 3.63) is 95.7 Å². The Labute approximate surface area is 391 Å². The highest BCUT2D eigenvalue weighted by Crippen LogP contribution is 2.47. The van der Waals surface area contributed by atoms with E-state index in [0.717, 1.165) is 13.1 Å². The number of hydrogen-bond donors (Lipinski definition) is 0. The Morgan fingerprint density at radius 2 is 0.841 bits per heavy atom. The van der Waals surface area contributed by atoms with Crippen molar-refractivity contribution in [2.24, 2.45) is 0 Å². The van der Waals surface area contributed by atoms with Crippen molar-refractivity contribution in [2.45, 2.75) is 258 Å². The molecule has 0 radical (unpaired) electrons. The third-order valence-corrected chi connectivity index (χ3v) is 14.8. The molecule has 2 heteroatoms. The number of para-hydroxylation sites is 2. The Morgan fingerprint density at radius 1 is 0.429 bits per heavy atom. The molecular formula is C61H99N2+. The minimum Gasteiger partial charge on any atom is -0.344 e. The standard InChI is InChI=1S/C61H99N2/c1-7-9-11-13-15-17-19-21-22-23-24-25-26-27-28-30-32-34-36-45-53-63-57-49-43-41-47-55(57)61(5,6)59(63)51-39-37-38-50-58-60(3,4)54-46-40-42-48-56(54)62(58)52-44-35-33-31-29-20-18-16-14-12-10-8-2/h37-43,46-51H,7-36,44-45,52-53H2,1-6H3/q+1. The molecule has 2 aliphatic rings. The van der Waals surface area contributed by atoms with Gasteiger partial charge in [-0.1, -0.05) is 269 Å². The van der Waals surface area contributed by atoms with Crippen LogP contribution in [0.3, 0.4) is 0 Å². The summed E-state index contributed by atoms with van der Waals surface area (Å²) in [4.78, 5) is 2.63. The van der Waals surface area contributed by atoms with Gasteiger partial charge in [0.25, 0.3) is 0 Å². The Kier molecular flexibility index (Phi) is 26.1. The van der Waals surface area contributed by atoms with Gasteiger partial charge in [-0.05, 0) is 44.4 Å². The van der Waals surface area contributed by atoms with Crippen LogP contribution in [0.25, 0.3) is 0 Å². The fourth-order valence-electron chi connectivity index (χ4n) is 10.8. The van der Waals surface area contributed by atoms with E-state index in [1.807, 2.05) is 0 Å². The number of benzene rings is 2. The number of allylic oxidation sites excluding steroid dienone is 6. The number of anilines is 1. The third kappa shape index (κ3) is 18.1. The minimum atomic E-state index is -0.00686. The van der Waals surface area contributed by atoms with E-state index in [1.165, 1.54) is 239 Å². The molecule has 0 atom stereocenters. The molecule has 0 aromatic heterocycles. The molecule has 63 heavy (non-hydrogen) atoms. The Balaban J connectivity index is 1.19. The summed E-state index contributed by atoms with van der Waals surface area (Å²) >= 11 is 0. The molecule has 0 saturated carbocycles. The zero-order valence-corrected chi connectivity index (χ0v) is 42.4. The molecule has 2 heterocycles. The number of hydrogen-bond acceptors (Lipinski definition) is 1. The molecule has 2 aliphatic heterocycles. The topological polar surface area (TPSA) is 6.25 Å². The van der Waals surface area contributed by atoms with Crippen LogP contribution >= 0.6 is 0 Å². The highest BCUT2D eigenvalue weighted by Gasteiger charge is 2.44. The lowest BCUT2D eigenvalue weighted by molar-refractivity contribution is -0.438. The fraction of sp³-hybridized carbons (Fsp3) is 0.689. The van der Waals surface area contributed by atoms with Crippen molar-refractivity contribution in [3.63, 3.8) is 0 Å². The number of nitrogens with zero attached hydrogens (tertiary/aromatic N) is 2. The van der Waals surface area contributed by atoms with Crippen LogP contribution in [-0.4, -0.2) is 23.4 Å². The number of fused-ring (bicyclic) bond motifs is 2. The average molecular weight is 860 g/mol. The van der Waals surface area contributed by atoms with Gasteiger partial charge in [0.15, 0.2) is 5.71 Å². The van der Waals surface area contributed by atoms with E-state index in [9.17, 15) is 0 Å². The van der Waals surface area contributed by atoms with Crippen molar-refractivity contribution >= 4 is 17.1 Å². The lowest BCUT2D eigenvalue weighted by Gasteiger charge is -2.27. The van der Waals surface area contributed by atoms with E-state index in [2.05, 4.69) is 130 Å². The van der Waals surface area contributed by atoms with Gasteiger partial charge in [0.05, 0.1) is 5.41 Å². The maximum absolute atomic E-state index is 2.64. The summed E-state index contributed by atoms with van der Waals surface area (Å²) in [6.07, 6.45) is 56.9.